The number of carbonyl (C=O) groups is 1. The van der Waals surface area contributed by atoms with Crippen LogP contribution in [0.5, 0.6) is 0 Å². The van der Waals surface area contributed by atoms with Crippen LogP contribution in [0.1, 0.15) is 38.7 Å². The predicted octanol–water partition coefficient (Wildman–Crippen LogP) is 3.50. The smallest absolute Gasteiger partial charge is 0.251 e. The number of nitriles is 1. The van der Waals surface area contributed by atoms with E-state index in [-0.39, 0.29) is 17.2 Å². The van der Waals surface area contributed by atoms with Crippen molar-refractivity contribution < 1.29 is 9.90 Å². The lowest BCUT2D eigenvalue weighted by Gasteiger charge is -2.41. The lowest BCUT2D eigenvalue weighted by Crippen LogP contribution is -2.47. The molecule has 10 nitrogen and oxygen atoms in total. The number of rotatable bonds is 5. The largest absolute Gasteiger partial charge is 0.383 e. The van der Waals surface area contributed by atoms with Crippen molar-refractivity contribution in [1.29, 1.82) is 5.26 Å². The normalized spacial score (nSPS) is 20.0. The van der Waals surface area contributed by atoms with E-state index in [1.165, 1.54) is 0 Å². The van der Waals surface area contributed by atoms with Gasteiger partial charge in [0.2, 0.25) is 0 Å². The first-order valence-corrected chi connectivity index (χ1v) is 13.9. The maximum atomic E-state index is 12.8. The molecule has 0 saturated carbocycles. The highest BCUT2D eigenvalue weighted by Crippen LogP contribution is 2.41. The molecule has 2 aliphatic rings. The Bertz CT molecular complexity index is 1600. The standard InChI is InChI=1S/C30H34N8O2/c1-20(2)28(39)29(40)37-10-8-30(19-37)7-4-9-36(18-30)26-6-5-21(13-32-26)25-11-22(24-15-33-35(3)16-24)17-38-27(25)23(12-31)14-34-38/h5-6,11,13-17,20,28,39H,4,7-10,18-19H2,1-3H3/t28?,30-/m0/s1. The van der Waals surface area contributed by atoms with E-state index in [0.29, 0.717) is 18.7 Å². The molecule has 6 rings (SSSR count). The first-order valence-electron chi connectivity index (χ1n) is 13.9. The minimum Gasteiger partial charge on any atom is -0.383 e. The summed E-state index contributed by atoms with van der Waals surface area (Å²) in [6, 6.07) is 8.44. The van der Waals surface area contributed by atoms with Gasteiger partial charge in [-0.1, -0.05) is 13.8 Å². The molecule has 6 heterocycles. The summed E-state index contributed by atoms with van der Waals surface area (Å²) in [5, 5.41) is 28.8. The Hall–Kier alpha value is -4.23. The summed E-state index contributed by atoms with van der Waals surface area (Å²) >= 11 is 0. The number of pyridine rings is 2. The van der Waals surface area contributed by atoms with Gasteiger partial charge in [0.25, 0.3) is 5.91 Å². The second-order valence-corrected chi connectivity index (χ2v) is 11.6. The topological polar surface area (TPSA) is 116 Å². The van der Waals surface area contributed by atoms with Gasteiger partial charge in [0.15, 0.2) is 0 Å². The quantitative estimate of drug-likeness (QED) is 0.413. The molecule has 0 bridgehead atoms. The summed E-state index contributed by atoms with van der Waals surface area (Å²) in [7, 11) is 1.88. The van der Waals surface area contributed by atoms with Gasteiger partial charge in [-0.25, -0.2) is 9.50 Å². The molecule has 206 valence electrons. The van der Waals surface area contributed by atoms with E-state index >= 15 is 0 Å². The van der Waals surface area contributed by atoms with Gasteiger partial charge < -0.3 is 14.9 Å². The maximum Gasteiger partial charge on any atom is 0.251 e. The van der Waals surface area contributed by atoms with Crippen LogP contribution in [0.25, 0.3) is 27.8 Å². The van der Waals surface area contributed by atoms with E-state index in [0.717, 1.165) is 65.9 Å². The number of aryl methyl sites for hydroxylation is 1. The highest BCUT2D eigenvalue weighted by atomic mass is 16.3. The Kier molecular flexibility index (Phi) is 6.55. The Morgan fingerprint density at radius 1 is 1.05 bits per heavy atom. The van der Waals surface area contributed by atoms with Crippen LogP contribution in [-0.4, -0.2) is 72.6 Å². The number of aliphatic hydroxyl groups is 1. The van der Waals surface area contributed by atoms with Crippen LogP contribution < -0.4 is 4.90 Å². The molecule has 2 aliphatic heterocycles. The van der Waals surface area contributed by atoms with E-state index in [2.05, 4.69) is 33.3 Å². The SMILES string of the molecule is CC(C)C(O)C(=O)N1CC[C@]2(CCCN(c3ccc(-c4cc(-c5cnn(C)c5)cn5ncc(C#N)c45)cn3)C2)C1. The van der Waals surface area contributed by atoms with Gasteiger partial charge >= 0.3 is 0 Å². The molecule has 10 heteroatoms. The van der Waals surface area contributed by atoms with E-state index in [1.807, 2.05) is 56.6 Å². The predicted molar refractivity (Wildman–Crippen MR) is 151 cm³/mol. The number of fused-ring (bicyclic) bond motifs is 1. The second kappa shape index (κ2) is 10.1. The number of piperidine rings is 1. The van der Waals surface area contributed by atoms with Gasteiger partial charge in [0, 0.05) is 79.5 Å². The third kappa shape index (κ3) is 4.60. The fraction of sp³-hybridized carbons (Fsp3) is 0.433. The van der Waals surface area contributed by atoms with Gasteiger partial charge in [-0.2, -0.15) is 15.5 Å². The summed E-state index contributed by atoms with van der Waals surface area (Å²) in [4.78, 5) is 21.8. The third-order valence-electron chi connectivity index (χ3n) is 8.45. The zero-order valence-corrected chi connectivity index (χ0v) is 23.2. The molecule has 0 aliphatic carbocycles. The Morgan fingerprint density at radius 3 is 2.60 bits per heavy atom. The van der Waals surface area contributed by atoms with Crippen molar-refractivity contribution in [3.63, 3.8) is 0 Å². The fourth-order valence-corrected chi connectivity index (χ4v) is 6.22. The van der Waals surface area contributed by atoms with Gasteiger partial charge in [-0.05, 0) is 43.4 Å². The zero-order valence-electron chi connectivity index (χ0n) is 23.2. The molecule has 2 saturated heterocycles. The lowest BCUT2D eigenvalue weighted by atomic mass is 9.79. The fourth-order valence-electron chi connectivity index (χ4n) is 6.22. The van der Waals surface area contributed by atoms with Gasteiger partial charge in [0.1, 0.15) is 18.0 Å². The number of hydrogen-bond acceptors (Lipinski definition) is 7. The highest BCUT2D eigenvalue weighted by Gasteiger charge is 2.44. The number of likely N-dealkylation sites (tertiary alicyclic amines) is 1. The number of anilines is 1. The molecule has 1 N–H and O–H groups in total. The van der Waals surface area contributed by atoms with Crippen LogP contribution in [0.4, 0.5) is 5.82 Å². The number of hydrogen-bond donors (Lipinski definition) is 1. The lowest BCUT2D eigenvalue weighted by molar-refractivity contribution is -0.141. The van der Waals surface area contributed by atoms with Crippen LogP contribution in [0.3, 0.4) is 0 Å². The monoisotopic (exact) mass is 538 g/mol. The molecule has 1 spiro atoms. The average molecular weight is 539 g/mol. The molecule has 0 aromatic carbocycles. The minimum absolute atomic E-state index is 0.0223. The van der Waals surface area contributed by atoms with Crippen LogP contribution in [0, 0.1) is 22.7 Å². The van der Waals surface area contributed by atoms with Crippen LogP contribution >= 0.6 is 0 Å². The van der Waals surface area contributed by atoms with Crippen LogP contribution in [0.2, 0.25) is 0 Å². The molecule has 4 aromatic rings. The van der Waals surface area contributed by atoms with Gasteiger partial charge in [0.05, 0.1) is 23.5 Å². The van der Waals surface area contributed by atoms with Crippen molar-refractivity contribution >= 4 is 17.2 Å². The first kappa shape index (κ1) is 26.0. The summed E-state index contributed by atoms with van der Waals surface area (Å²) in [5.74, 6) is 0.666. The molecule has 2 fully saturated rings. The summed E-state index contributed by atoms with van der Waals surface area (Å²) in [6.07, 6.45) is 11.3. The molecule has 0 radical (unpaired) electrons. The average Bonchev–Trinajstić information content (AvgIpc) is 3.70. The maximum absolute atomic E-state index is 12.8. The minimum atomic E-state index is -0.940. The second-order valence-electron chi connectivity index (χ2n) is 11.6. The van der Waals surface area contributed by atoms with E-state index in [9.17, 15) is 15.2 Å². The molecule has 1 unspecified atom stereocenters. The van der Waals surface area contributed by atoms with Crippen molar-refractivity contribution in [3.05, 3.63) is 54.7 Å². The highest BCUT2D eigenvalue weighted by molar-refractivity contribution is 5.87. The van der Waals surface area contributed by atoms with Crippen molar-refractivity contribution in [3.8, 4) is 28.3 Å². The number of aliphatic hydroxyl groups excluding tert-OH is 1. The van der Waals surface area contributed by atoms with E-state index < -0.39 is 6.10 Å². The van der Waals surface area contributed by atoms with E-state index in [1.54, 1.807) is 15.4 Å². The summed E-state index contributed by atoms with van der Waals surface area (Å²) in [5.41, 5.74) is 5.00. The van der Waals surface area contributed by atoms with Gasteiger partial charge in [-0.3, -0.25) is 9.48 Å². The van der Waals surface area contributed by atoms with Gasteiger partial charge in [-0.15, -0.1) is 0 Å². The number of amides is 1. The van der Waals surface area contributed by atoms with E-state index in [4.69, 9.17) is 4.98 Å². The Labute approximate surface area is 233 Å². The molecular weight excluding hydrogens is 504 g/mol. The Balaban J connectivity index is 1.26. The number of aromatic nitrogens is 5. The first-order chi connectivity index (χ1) is 19.3. The molecule has 1 amide bonds. The number of nitrogens with zero attached hydrogens (tertiary/aromatic N) is 8. The van der Waals surface area contributed by atoms with Crippen LogP contribution in [0.15, 0.2) is 49.2 Å². The van der Waals surface area contributed by atoms with Crippen LogP contribution in [-0.2, 0) is 11.8 Å². The third-order valence-corrected chi connectivity index (χ3v) is 8.45. The number of carbonyl (C=O) groups excluding carboxylic acids is 1. The molecular formula is C30H34N8O2. The Morgan fingerprint density at radius 2 is 1.90 bits per heavy atom. The van der Waals surface area contributed by atoms with Crippen molar-refractivity contribution in [1.82, 2.24) is 29.3 Å². The summed E-state index contributed by atoms with van der Waals surface area (Å²) < 4.78 is 3.51. The zero-order chi connectivity index (χ0) is 28.0. The molecule has 2 atom stereocenters. The van der Waals surface area contributed by atoms with Crippen molar-refractivity contribution in [2.24, 2.45) is 18.4 Å². The molecule has 4 aromatic heterocycles. The van der Waals surface area contributed by atoms with Crippen molar-refractivity contribution in [2.75, 3.05) is 31.1 Å². The summed E-state index contributed by atoms with van der Waals surface area (Å²) in [6.45, 7) is 6.88. The molecule has 40 heavy (non-hydrogen) atoms. The van der Waals surface area contributed by atoms with Crippen molar-refractivity contribution in [2.45, 2.75) is 39.2 Å².